The van der Waals surface area contributed by atoms with Crippen LogP contribution in [0.25, 0.3) is 0 Å². The summed E-state index contributed by atoms with van der Waals surface area (Å²) in [6.45, 7) is -0.445. The van der Waals surface area contributed by atoms with Gasteiger partial charge in [-0.05, 0) is 36.4 Å². The van der Waals surface area contributed by atoms with Gasteiger partial charge in [0.1, 0.15) is 5.82 Å². The number of nitrogens with one attached hydrogen (secondary N) is 1. The maximum Gasteiger partial charge on any atom is 0.417 e. The van der Waals surface area contributed by atoms with Gasteiger partial charge in [0, 0.05) is 21.1 Å². The Morgan fingerprint density at radius 1 is 1.00 bits per heavy atom. The molecule has 3 aromatic rings. The first-order chi connectivity index (χ1) is 16.1. The summed E-state index contributed by atoms with van der Waals surface area (Å²) >= 11 is 4.31. The molecule has 2 aromatic carbocycles. The van der Waals surface area contributed by atoms with E-state index in [1.807, 2.05) is 0 Å². The van der Waals surface area contributed by atoms with E-state index in [0.717, 1.165) is 28.4 Å². The molecule has 0 bridgehead atoms. The number of aromatic nitrogens is 1. The lowest BCUT2D eigenvalue weighted by Gasteiger charge is -2.10. The summed E-state index contributed by atoms with van der Waals surface area (Å²) in [6, 6.07) is 14.9. The summed E-state index contributed by atoms with van der Waals surface area (Å²) in [4.78, 5) is 40.9. The zero-order valence-electron chi connectivity index (χ0n) is 17.3. The molecule has 1 amide bonds. The lowest BCUT2D eigenvalue weighted by atomic mass is 10.1. The molecular formula is C23H16BrF3N2O4S. The highest BCUT2D eigenvalue weighted by molar-refractivity contribution is 9.10. The van der Waals surface area contributed by atoms with Gasteiger partial charge in [0.15, 0.2) is 12.4 Å². The second kappa shape index (κ2) is 11.3. The molecule has 0 aliphatic carbocycles. The number of carbonyl (C=O) groups excluding carboxylic acids is 3. The van der Waals surface area contributed by atoms with Crippen LogP contribution in [0, 0.1) is 0 Å². The number of hydrogen-bond acceptors (Lipinski definition) is 6. The number of pyridine rings is 1. The van der Waals surface area contributed by atoms with Gasteiger partial charge in [-0.2, -0.15) is 13.2 Å². The van der Waals surface area contributed by atoms with Gasteiger partial charge >= 0.3 is 12.1 Å². The van der Waals surface area contributed by atoms with E-state index >= 15 is 0 Å². The first-order valence-corrected chi connectivity index (χ1v) is 11.4. The van der Waals surface area contributed by atoms with Crippen molar-refractivity contribution in [1.29, 1.82) is 0 Å². The fraction of sp³-hybridized carbons (Fsp3) is 0.130. The van der Waals surface area contributed by atoms with Gasteiger partial charge in [-0.3, -0.25) is 9.59 Å². The average Bonchev–Trinajstić information content (AvgIpc) is 2.81. The van der Waals surface area contributed by atoms with E-state index in [2.05, 4.69) is 26.2 Å². The van der Waals surface area contributed by atoms with E-state index < -0.39 is 30.2 Å². The van der Waals surface area contributed by atoms with Gasteiger partial charge < -0.3 is 10.1 Å². The zero-order chi connectivity index (χ0) is 24.7. The molecule has 0 aliphatic heterocycles. The summed E-state index contributed by atoms with van der Waals surface area (Å²) in [7, 11) is 0. The smallest absolute Gasteiger partial charge is 0.417 e. The minimum atomic E-state index is -4.52. The Balaban J connectivity index is 1.56. The molecule has 0 fully saturated rings. The third kappa shape index (κ3) is 7.16. The van der Waals surface area contributed by atoms with E-state index in [9.17, 15) is 27.6 Å². The van der Waals surface area contributed by atoms with Gasteiger partial charge in [0.05, 0.1) is 16.9 Å². The number of halogens is 4. The van der Waals surface area contributed by atoms with Gasteiger partial charge in [-0.15, -0.1) is 11.8 Å². The minimum absolute atomic E-state index is 0.0299. The van der Waals surface area contributed by atoms with Crippen LogP contribution < -0.4 is 5.32 Å². The van der Waals surface area contributed by atoms with Crippen LogP contribution in [0.5, 0.6) is 0 Å². The maximum atomic E-state index is 12.6. The maximum absolute atomic E-state index is 12.6. The van der Waals surface area contributed by atoms with E-state index in [1.165, 1.54) is 6.07 Å². The summed E-state index contributed by atoms with van der Waals surface area (Å²) in [6.07, 6.45) is -3.89. The van der Waals surface area contributed by atoms with Crippen LogP contribution in [0.2, 0.25) is 0 Å². The standard InChI is InChI=1S/C23H16BrF3N2O4S/c24-16-8-5-14(6-9-16)18(30)12-33-22(32)17-3-1-2-4-19(17)34-13-21(31)29-20-10-7-15(11-28-20)23(25,26)27/h1-11H,12-13H2,(H,28,29,31). The van der Waals surface area contributed by atoms with Crippen LogP contribution in [-0.4, -0.2) is 35.0 Å². The molecule has 1 N–H and O–H groups in total. The number of anilines is 1. The van der Waals surface area contributed by atoms with Crippen molar-refractivity contribution in [2.75, 3.05) is 17.7 Å². The first-order valence-electron chi connectivity index (χ1n) is 9.64. The number of ketones is 1. The molecule has 0 saturated carbocycles. The van der Waals surface area contributed by atoms with Crippen LogP contribution in [0.1, 0.15) is 26.3 Å². The molecule has 34 heavy (non-hydrogen) atoms. The molecule has 1 heterocycles. The predicted molar refractivity (Wildman–Crippen MR) is 124 cm³/mol. The number of rotatable bonds is 8. The fourth-order valence-electron chi connectivity index (χ4n) is 2.65. The summed E-state index contributed by atoms with van der Waals surface area (Å²) in [5.41, 5.74) is -0.352. The van der Waals surface area contributed by atoms with Crippen molar-refractivity contribution in [3.63, 3.8) is 0 Å². The lowest BCUT2D eigenvalue weighted by Crippen LogP contribution is -2.17. The van der Waals surface area contributed by atoms with Crippen molar-refractivity contribution in [2.24, 2.45) is 0 Å². The van der Waals surface area contributed by atoms with Gasteiger partial charge in [-0.25, -0.2) is 9.78 Å². The Morgan fingerprint density at radius 2 is 1.71 bits per heavy atom. The van der Waals surface area contributed by atoms with Gasteiger partial charge in [0.2, 0.25) is 5.91 Å². The molecule has 0 radical (unpaired) electrons. The number of carbonyl (C=O) groups is 3. The van der Waals surface area contributed by atoms with E-state index in [1.54, 1.807) is 42.5 Å². The third-order valence-corrected chi connectivity index (χ3v) is 5.93. The Bertz CT molecular complexity index is 1190. The highest BCUT2D eigenvalue weighted by atomic mass is 79.9. The molecule has 0 unspecified atom stereocenters. The van der Waals surface area contributed by atoms with Crippen molar-refractivity contribution in [3.05, 3.63) is 88.0 Å². The molecule has 0 aliphatic rings. The molecular weight excluding hydrogens is 537 g/mol. The normalized spacial score (nSPS) is 11.1. The molecule has 0 saturated heterocycles. The fourth-order valence-corrected chi connectivity index (χ4v) is 3.75. The third-order valence-electron chi connectivity index (χ3n) is 4.32. The Morgan fingerprint density at radius 3 is 2.35 bits per heavy atom. The highest BCUT2D eigenvalue weighted by Crippen LogP contribution is 2.29. The van der Waals surface area contributed by atoms with Crippen molar-refractivity contribution < 1.29 is 32.3 Å². The monoisotopic (exact) mass is 552 g/mol. The van der Waals surface area contributed by atoms with Crippen LogP contribution >= 0.6 is 27.7 Å². The van der Waals surface area contributed by atoms with Crippen LogP contribution in [0.3, 0.4) is 0 Å². The number of benzene rings is 2. The Kier molecular flexibility index (Phi) is 8.46. The molecule has 1 aromatic heterocycles. The van der Waals surface area contributed by atoms with Crippen molar-refractivity contribution in [2.45, 2.75) is 11.1 Å². The molecule has 6 nitrogen and oxygen atoms in total. The average molecular weight is 553 g/mol. The second-order valence-electron chi connectivity index (χ2n) is 6.77. The van der Waals surface area contributed by atoms with E-state index in [4.69, 9.17) is 4.74 Å². The largest absolute Gasteiger partial charge is 0.454 e. The minimum Gasteiger partial charge on any atom is -0.454 e. The SMILES string of the molecule is O=C(CSc1ccccc1C(=O)OCC(=O)c1ccc(Br)cc1)Nc1ccc(C(F)(F)F)cn1. The molecule has 11 heteroatoms. The predicted octanol–water partition coefficient (Wildman–Crippen LogP) is 5.63. The number of ether oxygens (including phenoxy) is 1. The molecule has 0 spiro atoms. The summed E-state index contributed by atoms with van der Waals surface area (Å²) in [5, 5.41) is 2.40. The van der Waals surface area contributed by atoms with E-state index in [0.29, 0.717) is 16.7 Å². The van der Waals surface area contributed by atoms with Gasteiger partial charge in [0.25, 0.3) is 0 Å². The molecule has 0 atom stereocenters. The second-order valence-corrected chi connectivity index (χ2v) is 8.70. The van der Waals surface area contributed by atoms with Crippen molar-refractivity contribution in [1.82, 2.24) is 4.98 Å². The number of nitrogens with zero attached hydrogens (tertiary/aromatic N) is 1. The summed E-state index contributed by atoms with van der Waals surface area (Å²) < 4.78 is 43.8. The van der Waals surface area contributed by atoms with Crippen LogP contribution in [-0.2, 0) is 15.7 Å². The van der Waals surface area contributed by atoms with Crippen molar-refractivity contribution in [3.8, 4) is 0 Å². The van der Waals surface area contributed by atoms with Crippen molar-refractivity contribution >= 4 is 51.2 Å². The lowest BCUT2D eigenvalue weighted by molar-refractivity contribution is -0.137. The quantitative estimate of drug-likeness (QED) is 0.221. The van der Waals surface area contributed by atoms with Gasteiger partial charge in [-0.1, -0.05) is 40.2 Å². The highest BCUT2D eigenvalue weighted by Gasteiger charge is 2.30. The number of hydrogen-bond donors (Lipinski definition) is 1. The Labute approximate surface area is 205 Å². The summed E-state index contributed by atoms with van der Waals surface area (Å²) in [5.74, 6) is -1.78. The number of thioether (sulfide) groups is 1. The first kappa shape index (κ1) is 25.4. The number of alkyl halides is 3. The topological polar surface area (TPSA) is 85.4 Å². The molecule has 3 rings (SSSR count). The Hall–Kier alpha value is -3.18. The van der Waals surface area contributed by atoms with E-state index in [-0.39, 0.29) is 22.9 Å². The molecule has 176 valence electrons. The number of esters is 1. The zero-order valence-corrected chi connectivity index (χ0v) is 19.7. The number of Topliss-reactive ketones (excluding diaryl/α,β-unsaturated/α-hetero) is 1. The number of amides is 1. The van der Waals surface area contributed by atoms with Crippen LogP contribution in [0.4, 0.5) is 19.0 Å². The van der Waals surface area contributed by atoms with Crippen LogP contribution in [0.15, 0.2) is 76.2 Å².